The zero-order valence-electron chi connectivity index (χ0n) is 9.20. The lowest BCUT2D eigenvalue weighted by Gasteiger charge is -2.17. The molecule has 0 fully saturated rings. The SMILES string of the molecule is NCC(Oc1ccc(F)cc1Br)c1cc(Br)cs1. The summed E-state index contributed by atoms with van der Waals surface area (Å²) in [5, 5.41) is 1.97. The van der Waals surface area contributed by atoms with Crippen molar-refractivity contribution < 1.29 is 9.13 Å². The van der Waals surface area contributed by atoms with Crippen LogP contribution in [0.15, 0.2) is 38.6 Å². The van der Waals surface area contributed by atoms with Gasteiger partial charge in [-0.1, -0.05) is 0 Å². The molecular formula is C12H10Br2FNOS. The summed E-state index contributed by atoms with van der Waals surface area (Å²) in [4.78, 5) is 1.03. The minimum Gasteiger partial charge on any atom is -0.482 e. The lowest BCUT2D eigenvalue weighted by atomic mass is 10.3. The molecule has 1 atom stereocenters. The normalized spacial score (nSPS) is 12.4. The van der Waals surface area contributed by atoms with Gasteiger partial charge in [-0.15, -0.1) is 11.3 Å². The van der Waals surface area contributed by atoms with Crippen LogP contribution in [0, 0.1) is 5.82 Å². The first-order valence-electron chi connectivity index (χ1n) is 5.16. The van der Waals surface area contributed by atoms with Gasteiger partial charge in [0, 0.05) is 21.3 Å². The molecule has 0 aliphatic carbocycles. The maximum absolute atomic E-state index is 13.0. The van der Waals surface area contributed by atoms with Crippen LogP contribution in [0.25, 0.3) is 0 Å². The third-order valence-corrected chi connectivity index (χ3v) is 4.69. The van der Waals surface area contributed by atoms with Gasteiger partial charge in [-0.3, -0.25) is 0 Å². The Balaban J connectivity index is 2.20. The van der Waals surface area contributed by atoms with Crippen molar-refractivity contribution in [3.8, 4) is 5.75 Å². The number of thiophene rings is 1. The van der Waals surface area contributed by atoms with E-state index in [9.17, 15) is 4.39 Å². The number of halogens is 3. The van der Waals surface area contributed by atoms with Gasteiger partial charge in [0.15, 0.2) is 0 Å². The van der Waals surface area contributed by atoms with E-state index in [-0.39, 0.29) is 11.9 Å². The fraction of sp³-hybridized carbons (Fsp3) is 0.167. The van der Waals surface area contributed by atoms with Crippen LogP contribution in [0.1, 0.15) is 11.0 Å². The van der Waals surface area contributed by atoms with E-state index in [0.717, 1.165) is 9.35 Å². The second-order valence-electron chi connectivity index (χ2n) is 3.58. The van der Waals surface area contributed by atoms with Crippen molar-refractivity contribution >= 4 is 43.2 Å². The zero-order chi connectivity index (χ0) is 13.1. The van der Waals surface area contributed by atoms with Gasteiger partial charge in [0.05, 0.1) is 4.47 Å². The highest BCUT2D eigenvalue weighted by Gasteiger charge is 2.15. The Bertz CT molecular complexity index is 547. The van der Waals surface area contributed by atoms with Crippen molar-refractivity contribution in [2.45, 2.75) is 6.10 Å². The Morgan fingerprint density at radius 1 is 1.33 bits per heavy atom. The Labute approximate surface area is 125 Å². The molecule has 0 radical (unpaired) electrons. The highest BCUT2D eigenvalue weighted by molar-refractivity contribution is 9.10. The van der Waals surface area contributed by atoms with Crippen LogP contribution in [0.5, 0.6) is 5.75 Å². The predicted octanol–water partition coefficient (Wildman–Crippen LogP) is 4.49. The van der Waals surface area contributed by atoms with E-state index in [1.54, 1.807) is 17.4 Å². The summed E-state index contributed by atoms with van der Waals surface area (Å²) in [5.41, 5.74) is 5.72. The first kappa shape index (κ1) is 14.0. The molecule has 0 amide bonds. The quantitative estimate of drug-likeness (QED) is 0.828. The average molecular weight is 395 g/mol. The van der Waals surface area contributed by atoms with E-state index in [1.807, 2.05) is 11.4 Å². The molecule has 0 spiro atoms. The van der Waals surface area contributed by atoms with E-state index in [4.69, 9.17) is 10.5 Å². The molecule has 2 rings (SSSR count). The van der Waals surface area contributed by atoms with Gasteiger partial charge >= 0.3 is 0 Å². The van der Waals surface area contributed by atoms with Crippen molar-refractivity contribution in [1.29, 1.82) is 0 Å². The Hall–Kier alpha value is -0.430. The maximum Gasteiger partial charge on any atom is 0.145 e. The molecule has 2 aromatic rings. The summed E-state index contributed by atoms with van der Waals surface area (Å²) in [6, 6.07) is 6.29. The second-order valence-corrected chi connectivity index (χ2v) is 6.30. The van der Waals surface area contributed by atoms with Gasteiger partial charge in [0.1, 0.15) is 17.7 Å². The second kappa shape index (κ2) is 6.14. The smallest absolute Gasteiger partial charge is 0.145 e. The van der Waals surface area contributed by atoms with E-state index >= 15 is 0 Å². The summed E-state index contributed by atoms with van der Waals surface area (Å²) in [7, 11) is 0. The number of rotatable bonds is 4. The Kier molecular flexibility index (Phi) is 4.77. The summed E-state index contributed by atoms with van der Waals surface area (Å²) >= 11 is 8.23. The van der Waals surface area contributed by atoms with Gasteiger partial charge in [0.2, 0.25) is 0 Å². The van der Waals surface area contributed by atoms with Crippen LogP contribution in [0.3, 0.4) is 0 Å². The van der Waals surface area contributed by atoms with E-state index in [0.29, 0.717) is 16.8 Å². The van der Waals surface area contributed by atoms with Crippen molar-refractivity contribution in [2.75, 3.05) is 6.54 Å². The summed E-state index contributed by atoms with van der Waals surface area (Å²) in [5.74, 6) is 0.272. The molecule has 0 saturated heterocycles. The fourth-order valence-corrected chi connectivity index (χ4v) is 3.37. The number of hydrogen-bond donors (Lipinski definition) is 1. The van der Waals surface area contributed by atoms with E-state index < -0.39 is 0 Å². The highest BCUT2D eigenvalue weighted by atomic mass is 79.9. The molecular weight excluding hydrogens is 385 g/mol. The van der Waals surface area contributed by atoms with Gasteiger partial charge in [-0.25, -0.2) is 4.39 Å². The topological polar surface area (TPSA) is 35.2 Å². The van der Waals surface area contributed by atoms with Crippen LogP contribution in [0.2, 0.25) is 0 Å². The van der Waals surface area contributed by atoms with Gasteiger partial charge < -0.3 is 10.5 Å². The van der Waals surface area contributed by atoms with Crippen LogP contribution >= 0.6 is 43.2 Å². The maximum atomic E-state index is 13.0. The van der Waals surface area contributed by atoms with Crippen LogP contribution in [0.4, 0.5) is 4.39 Å². The molecule has 0 bridgehead atoms. The molecule has 2 N–H and O–H groups in total. The first-order valence-corrected chi connectivity index (χ1v) is 7.62. The molecule has 96 valence electrons. The lowest BCUT2D eigenvalue weighted by Crippen LogP contribution is -2.17. The van der Waals surface area contributed by atoms with Gasteiger partial charge in [0.25, 0.3) is 0 Å². The van der Waals surface area contributed by atoms with Gasteiger partial charge in [-0.2, -0.15) is 0 Å². The Morgan fingerprint density at radius 2 is 2.11 bits per heavy atom. The molecule has 0 saturated carbocycles. The molecule has 2 nitrogen and oxygen atoms in total. The molecule has 1 aromatic carbocycles. The summed E-state index contributed by atoms with van der Waals surface area (Å²) < 4.78 is 20.4. The van der Waals surface area contributed by atoms with Crippen molar-refractivity contribution in [2.24, 2.45) is 5.73 Å². The average Bonchev–Trinajstić information content (AvgIpc) is 2.75. The monoisotopic (exact) mass is 393 g/mol. The zero-order valence-corrected chi connectivity index (χ0v) is 13.2. The summed E-state index contributed by atoms with van der Waals surface area (Å²) in [6.45, 7) is 0.358. The first-order chi connectivity index (χ1) is 8.60. The molecule has 18 heavy (non-hydrogen) atoms. The standard InChI is InChI=1S/C12H10Br2FNOS/c13-7-3-12(18-6-7)11(5-16)17-10-2-1-8(15)4-9(10)14/h1-4,6,11H,5,16H2. The number of ether oxygens (including phenoxy) is 1. The minimum absolute atomic E-state index is 0.233. The van der Waals surface area contributed by atoms with Crippen molar-refractivity contribution in [3.05, 3.63) is 49.3 Å². The third kappa shape index (κ3) is 3.32. The summed E-state index contributed by atoms with van der Waals surface area (Å²) in [6.07, 6.45) is -0.233. The van der Waals surface area contributed by atoms with E-state index in [2.05, 4.69) is 31.9 Å². The minimum atomic E-state index is -0.308. The lowest BCUT2D eigenvalue weighted by molar-refractivity contribution is 0.216. The molecule has 6 heteroatoms. The van der Waals surface area contributed by atoms with Crippen molar-refractivity contribution in [1.82, 2.24) is 0 Å². The van der Waals surface area contributed by atoms with Crippen LogP contribution in [-0.2, 0) is 0 Å². The third-order valence-electron chi connectivity index (χ3n) is 2.28. The number of nitrogens with two attached hydrogens (primary N) is 1. The molecule has 1 aromatic heterocycles. The molecule has 1 heterocycles. The number of hydrogen-bond acceptors (Lipinski definition) is 3. The van der Waals surface area contributed by atoms with E-state index in [1.165, 1.54) is 12.1 Å². The molecule has 0 aliphatic rings. The van der Waals surface area contributed by atoms with Gasteiger partial charge in [-0.05, 0) is 56.1 Å². The largest absolute Gasteiger partial charge is 0.482 e. The fourth-order valence-electron chi connectivity index (χ4n) is 1.44. The Morgan fingerprint density at radius 3 is 2.67 bits per heavy atom. The molecule has 1 unspecified atom stereocenters. The predicted molar refractivity (Wildman–Crippen MR) is 78.5 cm³/mol. The van der Waals surface area contributed by atoms with Crippen LogP contribution in [-0.4, -0.2) is 6.54 Å². The molecule has 0 aliphatic heterocycles. The van der Waals surface area contributed by atoms with Crippen molar-refractivity contribution in [3.63, 3.8) is 0 Å². The number of benzene rings is 1. The van der Waals surface area contributed by atoms with Crippen LogP contribution < -0.4 is 10.5 Å². The highest BCUT2D eigenvalue weighted by Crippen LogP contribution is 2.32.